The van der Waals surface area contributed by atoms with Crippen LogP contribution < -0.4 is 5.32 Å². The van der Waals surface area contributed by atoms with E-state index in [1.807, 2.05) is 0 Å². The van der Waals surface area contributed by atoms with E-state index in [2.05, 4.69) is 44.3 Å². The molecule has 1 saturated carbocycles. The van der Waals surface area contributed by atoms with Crippen LogP contribution in [0, 0.1) is 19.8 Å². The van der Waals surface area contributed by atoms with Crippen LogP contribution in [0.5, 0.6) is 0 Å². The Bertz CT molecular complexity index is 382. The van der Waals surface area contributed by atoms with Crippen molar-refractivity contribution in [3.8, 4) is 0 Å². The Morgan fingerprint density at radius 3 is 2.15 bits per heavy atom. The topological polar surface area (TPSA) is 12.0 Å². The average Bonchev–Trinajstić information content (AvgIpc) is 2.65. The van der Waals surface area contributed by atoms with Gasteiger partial charge in [0, 0.05) is 6.04 Å². The van der Waals surface area contributed by atoms with Crippen molar-refractivity contribution < 1.29 is 0 Å². The van der Waals surface area contributed by atoms with Crippen LogP contribution in [0.1, 0.15) is 62.1 Å². The minimum Gasteiger partial charge on any atom is -0.314 e. The molecule has 1 unspecified atom stereocenters. The highest BCUT2D eigenvalue weighted by Gasteiger charge is 2.22. The molecule has 1 atom stereocenters. The van der Waals surface area contributed by atoms with Crippen molar-refractivity contribution in [3.63, 3.8) is 0 Å². The number of rotatable bonds is 5. The number of benzene rings is 1. The standard InChI is InChI=1S/C19H31N/c1-4-20-19(18-9-7-5-6-8-10-18)14-17-12-15(2)11-16(3)13-17/h11-13,18-20H,4-10,14H2,1-3H3. The lowest BCUT2D eigenvalue weighted by molar-refractivity contribution is 0.321. The predicted molar refractivity (Wildman–Crippen MR) is 88.3 cm³/mol. The second kappa shape index (κ2) is 7.83. The molecule has 20 heavy (non-hydrogen) atoms. The molecule has 1 aliphatic carbocycles. The summed E-state index contributed by atoms with van der Waals surface area (Å²) in [7, 11) is 0. The third-order valence-electron chi connectivity index (χ3n) is 4.67. The lowest BCUT2D eigenvalue weighted by atomic mass is 9.87. The fourth-order valence-corrected chi connectivity index (χ4v) is 3.82. The summed E-state index contributed by atoms with van der Waals surface area (Å²) in [6, 6.07) is 7.68. The minimum absolute atomic E-state index is 0.666. The van der Waals surface area contributed by atoms with Gasteiger partial charge in [0.25, 0.3) is 0 Å². The molecule has 0 aromatic heterocycles. The van der Waals surface area contributed by atoms with Crippen LogP contribution >= 0.6 is 0 Å². The molecule has 0 heterocycles. The van der Waals surface area contributed by atoms with Crippen LogP contribution in [0.25, 0.3) is 0 Å². The normalized spacial score (nSPS) is 18.8. The molecular weight excluding hydrogens is 242 g/mol. The smallest absolute Gasteiger partial charge is 0.0136 e. The van der Waals surface area contributed by atoms with E-state index < -0.39 is 0 Å². The van der Waals surface area contributed by atoms with Crippen molar-refractivity contribution in [2.75, 3.05) is 6.54 Å². The molecule has 0 spiro atoms. The maximum atomic E-state index is 3.77. The van der Waals surface area contributed by atoms with Crippen molar-refractivity contribution in [3.05, 3.63) is 34.9 Å². The van der Waals surface area contributed by atoms with Gasteiger partial charge < -0.3 is 5.32 Å². The zero-order valence-corrected chi connectivity index (χ0v) is 13.5. The van der Waals surface area contributed by atoms with Gasteiger partial charge in [0.05, 0.1) is 0 Å². The van der Waals surface area contributed by atoms with Crippen molar-refractivity contribution in [1.82, 2.24) is 5.32 Å². The van der Waals surface area contributed by atoms with E-state index in [-0.39, 0.29) is 0 Å². The molecule has 1 N–H and O–H groups in total. The van der Waals surface area contributed by atoms with Crippen molar-refractivity contribution in [2.24, 2.45) is 5.92 Å². The Labute approximate surface area is 125 Å². The van der Waals surface area contributed by atoms with Crippen LogP contribution in [0.4, 0.5) is 0 Å². The highest BCUT2D eigenvalue weighted by molar-refractivity contribution is 5.29. The van der Waals surface area contributed by atoms with Crippen molar-refractivity contribution in [1.29, 1.82) is 0 Å². The highest BCUT2D eigenvalue weighted by atomic mass is 14.9. The van der Waals surface area contributed by atoms with E-state index in [1.54, 1.807) is 0 Å². The van der Waals surface area contributed by atoms with Gasteiger partial charge in [-0.2, -0.15) is 0 Å². The summed E-state index contributed by atoms with van der Waals surface area (Å²) in [5.74, 6) is 0.873. The third-order valence-corrected chi connectivity index (χ3v) is 4.67. The van der Waals surface area contributed by atoms with Gasteiger partial charge >= 0.3 is 0 Å². The third kappa shape index (κ3) is 4.63. The lowest BCUT2D eigenvalue weighted by Crippen LogP contribution is -2.38. The molecule has 0 saturated heterocycles. The van der Waals surface area contributed by atoms with Crippen LogP contribution in [-0.4, -0.2) is 12.6 Å². The molecule has 1 heteroatoms. The summed E-state index contributed by atoms with van der Waals surface area (Å²) >= 11 is 0. The predicted octanol–water partition coefficient (Wildman–Crippen LogP) is 4.79. The quantitative estimate of drug-likeness (QED) is 0.760. The monoisotopic (exact) mass is 273 g/mol. The van der Waals surface area contributed by atoms with Crippen molar-refractivity contribution >= 4 is 0 Å². The Morgan fingerprint density at radius 1 is 1.00 bits per heavy atom. The Balaban J connectivity index is 2.07. The fourth-order valence-electron chi connectivity index (χ4n) is 3.82. The highest BCUT2D eigenvalue weighted by Crippen LogP contribution is 2.27. The molecule has 112 valence electrons. The first-order chi connectivity index (χ1) is 9.69. The summed E-state index contributed by atoms with van der Waals surface area (Å²) in [5.41, 5.74) is 4.31. The van der Waals surface area contributed by atoms with E-state index in [0.717, 1.165) is 12.5 Å². The molecule has 1 fully saturated rings. The number of likely N-dealkylation sites (N-methyl/N-ethyl adjacent to an activating group) is 1. The van der Waals surface area contributed by atoms with Crippen LogP contribution in [0.3, 0.4) is 0 Å². The van der Waals surface area contributed by atoms with Gasteiger partial charge in [-0.1, -0.05) is 61.9 Å². The first-order valence-electron chi connectivity index (χ1n) is 8.49. The first kappa shape index (κ1) is 15.6. The van der Waals surface area contributed by atoms with Gasteiger partial charge in [-0.15, -0.1) is 0 Å². The Kier molecular flexibility index (Phi) is 6.09. The largest absolute Gasteiger partial charge is 0.314 e. The molecule has 1 nitrogen and oxygen atoms in total. The second-order valence-electron chi connectivity index (χ2n) is 6.62. The van der Waals surface area contributed by atoms with Crippen LogP contribution in [0.15, 0.2) is 18.2 Å². The zero-order chi connectivity index (χ0) is 14.4. The number of hydrogen-bond donors (Lipinski definition) is 1. The van der Waals surface area contributed by atoms with Crippen molar-refractivity contribution in [2.45, 2.75) is 71.8 Å². The summed E-state index contributed by atoms with van der Waals surface area (Å²) in [6.45, 7) is 7.76. The first-order valence-corrected chi connectivity index (χ1v) is 8.49. The van der Waals surface area contributed by atoms with E-state index >= 15 is 0 Å². The maximum Gasteiger partial charge on any atom is 0.0136 e. The van der Waals surface area contributed by atoms with Gasteiger partial charge in [-0.25, -0.2) is 0 Å². The molecule has 2 rings (SSSR count). The van der Waals surface area contributed by atoms with Gasteiger partial charge in [0.1, 0.15) is 0 Å². The number of hydrogen-bond acceptors (Lipinski definition) is 1. The average molecular weight is 273 g/mol. The summed E-state index contributed by atoms with van der Waals surface area (Å²) < 4.78 is 0. The molecule has 1 aromatic rings. The number of nitrogens with one attached hydrogen (secondary N) is 1. The fraction of sp³-hybridized carbons (Fsp3) is 0.684. The Morgan fingerprint density at radius 2 is 1.60 bits per heavy atom. The van der Waals surface area contributed by atoms with E-state index in [4.69, 9.17) is 0 Å². The maximum absolute atomic E-state index is 3.77. The van der Waals surface area contributed by atoms with E-state index in [1.165, 1.54) is 61.6 Å². The molecule has 0 amide bonds. The molecule has 0 bridgehead atoms. The lowest BCUT2D eigenvalue weighted by Gasteiger charge is -2.27. The molecule has 1 aliphatic rings. The second-order valence-corrected chi connectivity index (χ2v) is 6.62. The van der Waals surface area contributed by atoms with Gasteiger partial charge in [-0.3, -0.25) is 0 Å². The van der Waals surface area contributed by atoms with Gasteiger partial charge in [-0.05, 0) is 51.1 Å². The van der Waals surface area contributed by atoms with Gasteiger partial charge in [0.15, 0.2) is 0 Å². The number of aryl methyl sites for hydroxylation is 2. The SMILES string of the molecule is CCNC(Cc1cc(C)cc(C)c1)C1CCCCCC1. The molecule has 0 aliphatic heterocycles. The molecular formula is C19H31N. The van der Waals surface area contributed by atoms with Crippen LogP contribution in [0.2, 0.25) is 0 Å². The molecule has 1 aromatic carbocycles. The van der Waals surface area contributed by atoms with E-state index in [9.17, 15) is 0 Å². The summed E-state index contributed by atoms with van der Waals surface area (Å²) in [4.78, 5) is 0. The summed E-state index contributed by atoms with van der Waals surface area (Å²) in [5, 5.41) is 3.77. The Hall–Kier alpha value is -0.820. The van der Waals surface area contributed by atoms with Gasteiger partial charge in [0.2, 0.25) is 0 Å². The van der Waals surface area contributed by atoms with Crippen LogP contribution in [-0.2, 0) is 6.42 Å². The van der Waals surface area contributed by atoms with E-state index in [0.29, 0.717) is 6.04 Å². The molecule has 0 radical (unpaired) electrons. The summed E-state index contributed by atoms with van der Waals surface area (Å²) in [6.07, 6.45) is 9.78. The zero-order valence-electron chi connectivity index (χ0n) is 13.5. The minimum atomic E-state index is 0.666.